The molecule has 1 atom stereocenters. The van der Waals surface area contributed by atoms with Gasteiger partial charge in [-0.1, -0.05) is 24.3 Å². The second-order valence-electron chi connectivity index (χ2n) is 4.85. The van der Waals surface area contributed by atoms with E-state index in [9.17, 15) is 9.50 Å². The number of phenols is 1. The van der Waals surface area contributed by atoms with Crippen molar-refractivity contribution < 1.29 is 14.2 Å². The third kappa shape index (κ3) is 3.95. The lowest BCUT2D eigenvalue weighted by molar-refractivity contribution is 0.316. The molecular formula is C17H20FNO2. The zero-order valence-electron chi connectivity index (χ0n) is 12.3. The van der Waals surface area contributed by atoms with Crippen LogP contribution in [-0.4, -0.2) is 11.7 Å². The molecule has 0 spiro atoms. The van der Waals surface area contributed by atoms with E-state index in [-0.39, 0.29) is 17.6 Å². The average molecular weight is 289 g/mol. The summed E-state index contributed by atoms with van der Waals surface area (Å²) in [4.78, 5) is 0. The summed E-state index contributed by atoms with van der Waals surface area (Å²) in [5, 5.41) is 13.4. The molecule has 0 bridgehead atoms. The number of ether oxygens (including phenoxy) is 1. The van der Waals surface area contributed by atoms with Crippen molar-refractivity contribution in [2.45, 2.75) is 26.4 Å². The summed E-state index contributed by atoms with van der Waals surface area (Å²) >= 11 is 0. The Morgan fingerprint density at radius 2 is 2.00 bits per heavy atom. The minimum absolute atomic E-state index is 0.0177. The van der Waals surface area contributed by atoms with E-state index >= 15 is 0 Å². The molecule has 0 fully saturated rings. The second-order valence-corrected chi connectivity index (χ2v) is 4.85. The number of aromatic hydroxyl groups is 1. The van der Waals surface area contributed by atoms with Crippen LogP contribution in [0.1, 0.15) is 31.0 Å². The topological polar surface area (TPSA) is 41.5 Å². The van der Waals surface area contributed by atoms with E-state index in [4.69, 9.17) is 4.74 Å². The average Bonchev–Trinajstić information content (AvgIpc) is 2.48. The Morgan fingerprint density at radius 3 is 2.71 bits per heavy atom. The maximum absolute atomic E-state index is 13.2. The van der Waals surface area contributed by atoms with Gasteiger partial charge in [0.05, 0.1) is 6.61 Å². The van der Waals surface area contributed by atoms with Gasteiger partial charge in [-0.25, -0.2) is 4.39 Å². The summed E-state index contributed by atoms with van der Waals surface area (Å²) in [6, 6.07) is 11.9. The molecule has 0 aliphatic heterocycles. The maximum atomic E-state index is 13.2. The quantitative estimate of drug-likeness (QED) is 0.850. The first-order valence-electron chi connectivity index (χ1n) is 7.04. The molecule has 0 heterocycles. The van der Waals surface area contributed by atoms with Gasteiger partial charge in [0.25, 0.3) is 0 Å². The first kappa shape index (κ1) is 15.3. The van der Waals surface area contributed by atoms with Gasteiger partial charge in [0.2, 0.25) is 0 Å². The molecule has 0 radical (unpaired) electrons. The molecule has 0 aliphatic carbocycles. The van der Waals surface area contributed by atoms with Crippen molar-refractivity contribution in [3.8, 4) is 11.5 Å². The Bertz CT molecular complexity index is 601. The Kier molecular flexibility index (Phi) is 5.17. The van der Waals surface area contributed by atoms with Crippen LogP contribution in [0.25, 0.3) is 0 Å². The van der Waals surface area contributed by atoms with Gasteiger partial charge in [-0.3, -0.25) is 0 Å². The highest BCUT2D eigenvalue weighted by atomic mass is 19.1. The van der Waals surface area contributed by atoms with Crippen LogP contribution in [0, 0.1) is 5.82 Å². The fraction of sp³-hybridized carbons (Fsp3) is 0.294. The zero-order chi connectivity index (χ0) is 15.2. The molecule has 3 nitrogen and oxygen atoms in total. The van der Waals surface area contributed by atoms with Crippen molar-refractivity contribution >= 4 is 0 Å². The van der Waals surface area contributed by atoms with Crippen molar-refractivity contribution in [2.24, 2.45) is 0 Å². The minimum Gasteiger partial charge on any atom is -0.504 e. The van der Waals surface area contributed by atoms with Gasteiger partial charge >= 0.3 is 0 Å². The molecule has 0 saturated heterocycles. The molecule has 0 saturated carbocycles. The van der Waals surface area contributed by atoms with Crippen LogP contribution in [0.15, 0.2) is 42.5 Å². The minimum atomic E-state index is -0.248. The van der Waals surface area contributed by atoms with Gasteiger partial charge in [-0.05, 0) is 37.6 Å². The van der Waals surface area contributed by atoms with Gasteiger partial charge in [-0.2, -0.15) is 0 Å². The lowest BCUT2D eigenvalue weighted by Gasteiger charge is -2.16. The molecular weight excluding hydrogens is 269 g/mol. The highest BCUT2D eigenvalue weighted by molar-refractivity contribution is 5.45. The molecule has 0 amide bonds. The van der Waals surface area contributed by atoms with Crippen LogP contribution in [0.2, 0.25) is 0 Å². The third-order valence-electron chi connectivity index (χ3n) is 3.33. The van der Waals surface area contributed by atoms with E-state index in [0.29, 0.717) is 18.9 Å². The predicted molar refractivity (Wildman–Crippen MR) is 80.9 cm³/mol. The summed E-state index contributed by atoms with van der Waals surface area (Å²) in [5.41, 5.74) is 1.62. The number of nitrogens with one attached hydrogen (secondary N) is 1. The summed E-state index contributed by atoms with van der Waals surface area (Å²) in [7, 11) is 0. The number of benzene rings is 2. The SMILES string of the molecule is CCOc1cccc(CN[C@@H](C)c2cccc(F)c2)c1O. The van der Waals surface area contributed by atoms with Crippen molar-refractivity contribution in [3.63, 3.8) is 0 Å². The maximum Gasteiger partial charge on any atom is 0.162 e. The monoisotopic (exact) mass is 289 g/mol. The molecule has 4 heteroatoms. The zero-order valence-corrected chi connectivity index (χ0v) is 12.3. The van der Waals surface area contributed by atoms with Gasteiger partial charge < -0.3 is 15.2 Å². The van der Waals surface area contributed by atoms with Crippen LogP contribution in [0.4, 0.5) is 4.39 Å². The highest BCUT2D eigenvalue weighted by Gasteiger charge is 2.10. The largest absolute Gasteiger partial charge is 0.504 e. The van der Waals surface area contributed by atoms with Crippen LogP contribution < -0.4 is 10.1 Å². The summed E-state index contributed by atoms with van der Waals surface area (Å²) in [6.07, 6.45) is 0. The van der Waals surface area contributed by atoms with Crippen LogP contribution in [0.3, 0.4) is 0 Å². The first-order chi connectivity index (χ1) is 10.1. The molecule has 0 aromatic heterocycles. The molecule has 0 aliphatic rings. The summed E-state index contributed by atoms with van der Waals surface area (Å²) in [6.45, 7) is 4.81. The van der Waals surface area contributed by atoms with Gasteiger partial charge in [0.1, 0.15) is 5.82 Å². The predicted octanol–water partition coefficient (Wildman–Crippen LogP) is 3.78. The van der Waals surface area contributed by atoms with Crippen LogP contribution >= 0.6 is 0 Å². The molecule has 2 rings (SSSR count). The van der Waals surface area contributed by atoms with Crippen molar-refractivity contribution in [1.82, 2.24) is 5.32 Å². The van der Waals surface area contributed by atoms with E-state index in [0.717, 1.165) is 11.1 Å². The number of halogens is 1. The van der Waals surface area contributed by atoms with E-state index in [1.54, 1.807) is 12.1 Å². The fourth-order valence-electron chi connectivity index (χ4n) is 2.14. The van der Waals surface area contributed by atoms with Crippen molar-refractivity contribution in [1.29, 1.82) is 0 Å². The first-order valence-corrected chi connectivity index (χ1v) is 7.04. The Morgan fingerprint density at radius 1 is 1.24 bits per heavy atom. The molecule has 0 unspecified atom stereocenters. The van der Waals surface area contributed by atoms with E-state index in [1.165, 1.54) is 12.1 Å². The Labute approximate surface area is 124 Å². The van der Waals surface area contributed by atoms with Gasteiger partial charge in [0, 0.05) is 18.2 Å². The molecule has 112 valence electrons. The van der Waals surface area contributed by atoms with Crippen LogP contribution in [0.5, 0.6) is 11.5 Å². The van der Waals surface area contributed by atoms with E-state index in [1.807, 2.05) is 32.0 Å². The van der Waals surface area contributed by atoms with E-state index < -0.39 is 0 Å². The number of phenolic OH excluding ortho intramolecular Hbond substituents is 1. The highest BCUT2D eigenvalue weighted by Crippen LogP contribution is 2.30. The molecule has 2 aromatic rings. The normalized spacial score (nSPS) is 12.1. The van der Waals surface area contributed by atoms with E-state index in [2.05, 4.69) is 5.32 Å². The smallest absolute Gasteiger partial charge is 0.162 e. The number of rotatable bonds is 6. The van der Waals surface area contributed by atoms with Gasteiger partial charge in [0.15, 0.2) is 11.5 Å². The number of hydrogen-bond acceptors (Lipinski definition) is 3. The summed E-state index contributed by atoms with van der Waals surface area (Å²) < 4.78 is 18.6. The Hall–Kier alpha value is -2.07. The standard InChI is InChI=1S/C17H20FNO2/c1-3-21-16-9-5-7-14(17(16)20)11-19-12(2)13-6-4-8-15(18)10-13/h4-10,12,19-20H,3,11H2,1-2H3/t12-/m0/s1. The molecule has 2 N–H and O–H groups in total. The lowest BCUT2D eigenvalue weighted by atomic mass is 10.1. The van der Waals surface area contributed by atoms with Crippen LogP contribution in [-0.2, 0) is 6.54 Å². The lowest BCUT2D eigenvalue weighted by Crippen LogP contribution is -2.18. The third-order valence-corrected chi connectivity index (χ3v) is 3.33. The number of hydrogen-bond donors (Lipinski definition) is 2. The molecule has 21 heavy (non-hydrogen) atoms. The van der Waals surface area contributed by atoms with Crippen molar-refractivity contribution in [3.05, 3.63) is 59.4 Å². The molecule has 2 aromatic carbocycles. The second kappa shape index (κ2) is 7.09. The summed E-state index contributed by atoms with van der Waals surface area (Å²) in [5.74, 6) is 0.385. The van der Waals surface area contributed by atoms with Gasteiger partial charge in [-0.15, -0.1) is 0 Å². The fourth-order valence-corrected chi connectivity index (χ4v) is 2.14. The Balaban J connectivity index is 2.04. The van der Waals surface area contributed by atoms with Crippen molar-refractivity contribution in [2.75, 3.05) is 6.61 Å². The number of para-hydroxylation sites is 1.